The average molecular weight is 270 g/mol. The molecule has 1 aliphatic rings. The van der Waals surface area contributed by atoms with Crippen LogP contribution in [0.3, 0.4) is 0 Å². The maximum atomic E-state index is 12.6. The Hall–Kier alpha value is -0.610. The molecule has 2 N–H and O–H groups in total. The van der Waals surface area contributed by atoms with Crippen molar-refractivity contribution in [2.24, 2.45) is 11.3 Å². The number of hydrogen-bond donors (Lipinski definition) is 2. The van der Waals surface area contributed by atoms with Crippen LogP contribution in [0.1, 0.15) is 47.0 Å². The second-order valence-corrected chi connectivity index (χ2v) is 5.87. The first-order valence-electron chi connectivity index (χ1n) is 7.65. The van der Waals surface area contributed by atoms with Gasteiger partial charge in [0, 0.05) is 6.61 Å². The predicted molar refractivity (Wildman–Crippen MR) is 78.1 cm³/mol. The van der Waals surface area contributed by atoms with E-state index in [4.69, 9.17) is 4.74 Å². The molecule has 0 aliphatic carbocycles. The van der Waals surface area contributed by atoms with Crippen molar-refractivity contribution in [3.8, 4) is 0 Å². The third kappa shape index (κ3) is 4.46. The van der Waals surface area contributed by atoms with Gasteiger partial charge in [-0.3, -0.25) is 4.79 Å². The summed E-state index contributed by atoms with van der Waals surface area (Å²) in [6.45, 7) is 11.6. The summed E-state index contributed by atoms with van der Waals surface area (Å²) in [5.41, 5.74) is -0.176. The van der Waals surface area contributed by atoms with E-state index in [1.54, 1.807) is 0 Å². The van der Waals surface area contributed by atoms with E-state index in [1.165, 1.54) is 0 Å². The zero-order valence-corrected chi connectivity index (χ0v) is 12.9. The van der Waals surface area contributed by atoms with Crippen LogP contribution in [0.2, 0.25) is 0 Å². The van der Waals surface area contributed by atoms with Crippen molar-refractivity contribution in [3.05, 3.63) is 0 Å². The largest absolute Gasteiger partial charge is 0.380 e. The first-order valence-corrected chi connectivity index (χ1v) is 7.65. The number of carbonyl (C=O) groups is 1. The SMILES string of the molecule is CCOCC(NC(=O)C1(CC)CCNCC1)C(C)C. The fourth-order valence-electron chi connectivity index (χ4n) is 2.61. The fourth-order valence-corrected chi connectivity index (χ4v) is 2.61. The van der Waals surface area contributed by atoms with Crippen LogP contribution in [0.4, 0.5) is 0 Å². The first-order chi connectivity index (χ1) is 9.05. The van der Waals surface area contributed by atoms with E-state index in [0.717, 1.165) is 32.4 Å². The Balaban J connectivity index is 2.63. The molecule has 1 saturated heterocycles. The van der Waals surface area contributed by atoms with Crippen molar-refractivity contribution < 1.29 is 9.53 Å². The van der Waals surface area contributed by atoms with E-state index in [9.17, 15) is 4.79 Å². The van der Waals surface area contributed by atoms with Crippen molar-refractivity contribution in [2.75, 3.05) is 26.3 Å². The highest BCUT2D eigenvalue weighted by molar-refractivity contribution is 5.83. The van der Waals surface area contributed by atoms with Gasteiger partial charge in [0.1, 0.15) is 0 Å². The minimum Gasteiger partial charge on any atom is -0.380 e. The Kier molecular flexibility index (Phi) is 6.80. The van der Waals surface area contributed by atoms with Gasteiger partial charge in [-0.05, 0) is 45.2 Å². The van der Waals surface area contributed by atoms with Crippen LogP contribution in [-0.2, 0) is 9.53 Å². The van der Waals surface area contributed by atoms with Gasteiger partial charge in [0.05, 0.1) is 18.1 Å². The molecule has 1 rings (SSSR count). The van der Waals surface area contributed by atoms with Crippen molar-refractivity contribution in [1.82, 2.24) is 10.6 Å². The number of ether oxygens (including phenoxy) is 1. The molecule has 0 spiro atoms. The quantitative estimate of drug-likeness (QED) is 0.743. The van der Waals surface area contributed by atoms with Crippen LogP contribution < -0.4 is 10.6 Å². The van der Waals surface area contributed by atoms with Gasteiger partial charge < -0.3 is 15.4 Å². The summed E-state index contributed by atoms with van der Waals surface area (Å²) < 4.78 is 5.48. The first kappa shape index (κ1) is 16.4. The second kappa shape index (κ2) is 7.85. The molecular formula is C15H30N2O2. The van der Waals surface area contributed by atoms with E-state index < -0.39 is 0 Å². The van der Waals surface area contributed by atoms with Crippen LogP contribution >= 0.6 is 0 Å². The van der Waals surface area contributed by atoms with Crippen LogP contribution in [0, 0.1) is 11.3 Å². The maximum absolute atomic E-state index is 12.6. The molecule has 0 aromatic heterocycles. The van der Waals surface area contributed by atoms with E-state index >= 15 is 0 Å². The van der Waals surface area contributed by atoms with Gasteiger partial charge in [0.2, 0.25) is 5.91 Å². The summed E-state index contributed by atoms with van der Waals surface area (Å²) >= 11 is 0. The lowest BCUT2D eigenvalue weighted by molar-refractivity contribution is -0.134. The van der Waals surface area contributed by atoms with Crippen LogP contribution in [0.25, 0.3) is 0 Å². The number of carbonyl (C=O) groups excluding carboxylic acids is 1. The minimum absolute atomic E-state index is 0.116. The lowest BCUT2D eigenvalue weighted by atomic mass is 9.75. The third-order valence-electron chi connectivity index (χ3n) is 4.34. The zero-order chi connectivity index (χ0) is 14.3. The Morgan fingerprint density at radius 3 is 2.42 bits per heavy atom. The van der Waals surface area contributed by atoms with Gasteiger partial charge in [-0.1, -0.05) is 20.8 Å². The predicted octanol–water partition coefficient (Wildman–Crippen LogP) is 1.94. The normalized spacial score (nSPS) is 20.3. The molecule has 1 fully saturated rings. The third-order valence-corrected chi connectivity index (χ3v) is 4.34. The molecule has 19 heavy (non-hydrogen) atoms. The molecular weight excluding hydrogens is 240 g/mol. The number of rotatable bonds is 7. The standard InChI is InChI=1S/C15H30N2O2/c1-5-15(7-9-16-10-8-15)14(18)17-13(12(3)4)11-19-6-2/h12-13,16H,5-11H2,1-4H3,(H,17,18). The zero-order valence-electron chi connectivity index (χ0n) is 12.9. The number of piperidine rings is 1. The van der Waals surface area contributed by atoms with Crippen LogP contribution in [-0.4, -0.2) is 38.3 Å². The van der Waals surface area contributed by atoms with Gasteiger partial charge in [-0.2, -0.15) is 0 Å². The summed E-state index contributed by atoms with van der Waals surface area (Å²) in [4.78, 5) is 12.6. The molecule has 1 unspecified atom stereocenters. The summed E-state index contributed by atoms with van der Waals surface area (Å²) in [5, 5.41) is 6.56. The van der Waals surface area contributed by atoms with Crippen molar-refractivity contribution in [3.63, 3.8) is 0 Å². The summed E-state index contributed by atoms with van der Waals surface area (Å²) in [5.74, 6) is 0.612. The summed E-state index contributed by atoms with van der Waals surface area (Å²) in [6.07, 6.45) is 2.80. The highest BCUT2D eigenvalue weighted by Crippen LogP contribution is 2.33. The Bertz CT molecular complexity index is 273. The maximum Gasteiger partial charge on any atom is 0.226 e. The topological polar surface area (TPSA) is 50.4 Å². The minimum atomic E-state index is -0.176. The molecule has 4 nitrogen and oxygen atoms in total. The van der Waals surface area contributed by atoms with Gasteiger partial charge in [-0.25, -0.2) is 0 Å². The average Bonchev–Trinajstić information content (AvgIpc) is 2.43. The van der Waals surface area contributed by atoms with Crippen molar-refractivity contribution in [1.29, 1.82) is 0 Å². The van der Waals surface area contributed by atoms with Gasteiger partial charge in [0.15, 0.2) is 0 Å². The molecule has 1 heterocycles. The van der Waals surface area contributed by atoms with Gasteiger partial charge >= 0.3 is 0 Å². The number of hydrogen-bond acceptors (Lipinski definition) is 3. The monoisotopic (exact) mass is 270 g/mol. The molecule has 0 bridgehead atoms. The molecule has 1 aliphatic heterocycles. The molecule has 0 aromatic carbocycles. The van der Waals surface area contributed by atoms with Crippen molar-refractivity contribution in [2.45, 2.75) is 53.0 Å². The summed E-state index contributed by atoms with van der Waals surface area (Å²) in [6, 6.07) is 0.116. The van der Waals surface area contributed by atoms with Crippen molar-refractivity contribution >= 4 is 5.91 Å². The summed E-state index contributed by atoms with van der Waals surface area (Å²) in [7, 11) is 0. The van der Waals surface area contributed by atoms with E-state index in [-0.39, 0.29) is 17.4 Å². The Morgan fingerprint density at radius 2 is 1.95 bits per heavy atom. The molecule has 0 radical (unpaired) electrons. The Morgan fingerprint density at radius 1 is 1.32 bits per heavy atom. The molecule has 1 amide bonds. The van der Waals surface area contributed by atoms with E-state index in [0.29, 0.717) is 19.1 Å². The van der Waals surface area contributed by atoms with Crippen LogP contribution in [0.5, 0.6) is 0 Å². The van der Waals surface area contributed by atoms with Gasteiger partial charge in [0.25, 0.3) is 0 Å². The smallest absolute Gasteiger partial charge is 0.226 e. The van der Waals surface area contributed by atoms with Gasteiger partial charge in [-0.15, -0.1) is 0 Å². The second-order valence-electron chi connectivity index (χ2n) is 5.87. The van der Waals surface area contributed by atoms with E-state index in [1.807, 2.05) is 6.92 Å². The lowest BCUT2D eigenvalue weighted by Gasteiger charge is -2.37. The number of amides is 1. The highest BCUT2D eigenvalue weighted by atomic mass is 16.5. The number of nitrogens with one attached hydrogen (secondary N) is 2. The molecule has 1 atom stereocenters. The lowest BCUT2D eigenvalue weighted by Crippen LogP contribution is -2.52. The molecule has 112 valence electrons. The highest BCUT2D eigenvalue weighted by Gasteiger charge is 2.38. The molecule has 0 saturated carbocycles. The molecule has 0 aromatic rings. The van der Waals surface area contributed by atoms with Crippen LogP contribution in [0.15, 0.2) is 0 Å². The fraction of sp³-hybridized carbons (Fsp3) is 0.933. The Labute approximate surface area is 117 Å². The van der Waals surface area contributed by atoms with E-state index in [2.05, 4.69) is 31.4 Å². The molecule has 4 heteroatoms.